The van der Waals surface area contributed by atoms with Gasteiger partial charge in [-0.05, 0) is 29.5 Å². The molecule has 1 fully saturated rings. The number of carbonyl (C=O) groups is 2. The van der Waals surface area contributed by atoms with Crippen molar-refractivity contribution >= 4 is 22.7 Å². The molecule has 3 heterocycles. The standard InChI is InChI=1S/C20H21N3O2/c1-3-12(10-21-2)16-17(20(25)22-19(16)24)15-11-23-9-5-7-13-6-4-8-14(15)18(13)23/h3-4,6,8,10-11,16-17,21H,1,5,7,9H2,2H3,(H,22,24,25)/b12-10+/t16?,17-/m0/s1. The molecule has 2 amide bonds. The van der Waals surface area contributed by atoms with E-state index in [1.54, 1.807) is 19.3 Å². The number of allylic oxidation sites excluding steroid dienone is 1. The monoisotopic (exact) mass is 335 g/mol. The molecule has 2 aliphatic heterocycles. The molecule has 5 heteroatoms. The van der Waals surface area contributed by atoms with E-state index >= 15 is 0 Å². The highest BCUT2D eigenvalue weighted by Gasteiger charge is 2.45. The van der Waals surface area contributed by atoms with Crippen molar-refractivity contribution in [1.29, 1.82) is 0 Å². The maximum Gasteiger partial charge on any atom is 0.235 e. The lowest BCUT2D eigenvalue weighted by Gasteiger charge is -2.16. The Morgan fingerprint density at radius 1 is 1.36 bits per heavy atom. The number of nitrogens with one attached hydrogen (secondary N) is 2. The SMILES string of the molecule is C=C/C(=C\NC)C1C(=O)NC(=O)[C@H]1c1cn2c3c(cccc13)CCC2. The molecule has 0 saturated carbocycles. The number of rotatable bonds is 4. The molecule has 4 rings (SSSR count). The molecule has 5 nitrogen and oxygen atoms in total. The maximum absolute atomic E-state index is 12.6. The van der Waals surface area contributed by atoms with Crippen molar-refractivity contribution in [3.8, 4) is 0 Å². The van der Waals surface area contributed by atoms with Crippen LogP contribution < -0.4 is 10.6 Å². The highest BCUT2D eigenvalue weighted by atomic mass is 16.2. The smallest absolute Gasteiger partial charge is 0.235 e. The van der Waals surface area contributed by atoms with Gasteiger partial charge in [0.1, 0.15) is 0 Å². The van der Waals surface area contributed by atoms with Crippen LogP contribution in [0.25, 0.3) is 10.9 Å². The van der Waals surface area contributed by atoms with Crippen LogP contribution >= 0.6 is 0 Å². The van der Waals surface area contributed by atoms with E-state index in [0.717, 1.165) is 35.9 Å². The van der Waals surface area contributed by atoms with Crippen LogP contribution in [0.1, 0.15) is 23.5 Å². The fourth-order valence-electron chi connectivity index (χ4n) is 4.22. The Bertz CT molecular complexity index is 922. The molecule has 0 aliphatic carbocycles. The quantitative estimate of drug-likeness (QED) is 0.665. The van der Waals surface area contributed by atoms with Gasteiger partial charge in [-0.3, -0.25) is 14.9 Å². The molecule has 25 heavy (non-hydrogen) atoms. The third-order valence-electron chi connectivity index (χ3n) is 5.24. The van der Waals surface area contributed by atoms with E-state index < -0.39 is 11.8 Å². The molecule has 0 spiro atoms. The average molecular weight is 335 g/mol. The van der Waals surface area contributed by atoms with Gasteiger partial charge in [-0.1, -0.05) is 30.9 Å². The lowest BCUT2D eigenvalue weighted by molar-refractivity contribution is -0.125. The van der Waals surface area contributed by atoms with Gasteiger partial charge in [-0.15, -0.1) is 0 Å². The zero-order chi connectivity index (χ0) is 17.6. The Morgan fingerprint density at radius 3 is 2.96 bits per heavy atom. The Labute approximate surface area is 146 Å². The first-order valence-electron chi connectivity index (χ1n) is 8.60. The Morgan fingerprint density at radius 2 is 2.20 bits per heavy atom. The van der Waals surface area contributed by atoms with Crippen molar-refractivity contribution in [3.63, 3.8) is 0 Å². The summed E-state index contributed by atoms with van der Waals surface area (Å²) in [4.78, 5) is 25.1. The van der Waals surface area contributed by atoms with Gasteiger partial charge in [0.25, 0.3) is 0 Å². The fourth-order valence-corrected chi connectivity index (χ4v) is 4.22. The van der Waals surface area contributed by atoms with Crippen LogP contribution in [0, 0.1) is 5.92 Å². The molecule has 1 aromatic heterocycles. The molecule has 0 radical (unpaired) electrons. The van der Waals surface area contributed by atoms with Crippen molar-refractivity contribution in [2.75, 3.05) is 7.05 Å². The fraction of sp³-hybridized carbons (Fsp3) is 0.300. The van der Waals surface area contributed by atoms with Crippen molar-refractivity contribution in [2.24, 2.45) is 5.92 Å². The van der Waals surface area contributed by atoms with Crippen molar-refractivity contribution in [2.45, 2.75) is 25.3 Å². The number of nitrogens with zero attached hydrogens (tertiary/aromatic N) is 1. The van der Waals surface area contributed by atoms with E-state index in [4.69, 9.17) is 0 Å². The number of para-hydroxylation sites is 1. The number of benzene rings is 1. The summed E-state index contributed by atoms with van der Waals surface area (Å²) >= 11 is 0. The van der Waals surface area contributed by atoms with Gasteiger partial charge in [0, 0.05) is 31.4 Å². The first kappa shape index (κ1) is 15.7. The molecule has 2 N–H and O–H groups in total. The highest BCUT2D eigenvalue weighted by Crippen LogP contribution is 2.41. The van der Waals surface area contributed by atoms with Gasteiger partial charge in [-0.2, -0.15) is 0 Å². The van der Waals surface area contributed by atoms with Crippen LogP contribution in [-0.4, -0.2) is 23.4 Å². The van der Waals surface area contributed by atoms with Crippen LogP contribution in [0.4, 0.5) is 0 Å². The average Bonchev–Trinajstić information content (AvgIpc) is 3.12. The molecule has 1 aromatic carbocycles. The Kier molecular flexibility index (Phi) is 3.71. The van der Waals surface area contributed by atoms with Gasteiger partial charge in [0.15, 0.2) is 0 Å². The topological polar surface area (TPSA) is 63.1 Å². The van der Waals surface area contributed by atoms with E-state index in [1.807, 2.05) is 6.07 Å². The van der Waals surface area contributed by atoms with Gasteiger partial charge in [0.05, 0.1) is 17.4 Å². The van der Waals surface area contributed by atoms with E-state index in [1.165, 1.54) is 11.1 Å². The maximum atomic E-state index is 12.6. The van der Waals surface area contributed by atoms with Crippen LogP contribution in [0.2, 0.25) is 0 Å². The van der Waals surface area contributed by atoms with E-state index in [-0.39, 0.29) is 11.8 Å². The number of imide groups is 1. The van der Waals surface area contributed by atoms with Crippen molar-refractivity contribution in [3.05, 3.63) is 60.0 Å². The van der Waals surface area contributed by atoms with E-state index in [0.29, 0.717) is 0 Å². The Balaban J connectivity index is 1.91. The number of hydrogen-bond donors (Lipinski definition) is 2. The summed E-state index contributed by atoms with van der Waals surface area (Å²) in [5, 5.41) is 6.53. The normalized spacial score (nSPS) is 23.0. The van der Waals surface area contributed by atoms with Gasteiger partial charge >= 0.3 is 0 Å². The largest absolute Gasteiger partial charge is 0.394 e. The van der Waals surface area contributed by atoms with Crippen LogP contribution in [0.15, 0.2) is 48.8 Å². The summed E-state index contributed by atoms with van der Waals surface area (Å²) in [6.45, 7) is 4.76. The molecule has 128 valence electrons. The van der Waals surface area contributed by atoms with Crippen LogP contribution in [0.5, 0.6) is 0 Å². The summed E-state index contributed by atoms with van der Waals surface area (Å²) in [5.74, 6) is -1.58. The van der Waals surface area contributed by atoms with E-state index in [9.17, 15) is 9.59 Å². The van der Waals surface area contributed by atoms with Gasteiger partial charge < -0.3 is 9.88 Å². The number of aryl methyl sites for hydroxylation is 2. The van der Waals surface area contributed by atoms with E-state index in [2.05, 4.69) is 40.1 Å². The predicted octanol–water partition coefficient (Wildman–Crippen LogP) is 2.23. The molecule has 2 aromatic rings. The molecule has 2 aliphatic rings. The number of carbonyl (C=O) groups excluding carboxylic acids is 2. The third kappa shape index (κ3) is 2.30. The minimum atomic E-state index is -0.555. The zero-order valence-electron chi connectivity index (χ0n) is 14.2. The van der Waals surface area contributed by atoms with Crippen molar-refractivity contribution < 1.29 is 9.59 Å². The molecule has 0 bridgehead atoms. The molecular weight excluding hydrogens is 314 g/mol. The molecule has 1 unspecified atom stereocenters. The first-order chi connectivity index (χ1) is 12.2. The number of amides is 2. The minimum Gasteiger partial charge on any atom is -0.394 e. The number of aromatic nitrogens is 1. The van der Waals surface area contributed by atoms with Gasteiger partial charge in [-0.25, -0.2) is 0 Å². The second-order valence-electron chi connectivity index (χ2n) is 6.64. The summed E-state index contributed by atoms with van der Waals surface area (Å²) in [6.07, 6.45) is 7.60. The summed E-state index contributed by atoms with van der Waals surface area (Å²) in [5.41, 5.74) is 4.16. The third-order valence-corrected chi connectivity index (χ3v) is 5.24. The first-order valence-corrected chi connectivity index (χ1v) is 8.60. The summed E-state index contributed by atoms with van der Waals surface area (Å²) in [6, 6.07) is 6.24. The molecular formula is C20H21N3O2. The lowest BCUT2D eigenvalue weighted by Crippen LogP contribution is -2.22. The second-order valence-corrected chi connectivity index (χ2v) is 6.64. The number of hydrogen-bond acceptors (Lipinski definition) is 3. The van der Waals surface area contributed by atoms with Crippen molar-refractivity contribution in [1.82, 2.24) is 15.2 Å². The van der Waals surface area contributed by atoms with Crippen LogP contribution in [0.3, 0.4) is 0 Å². The van der Waals surface area contributed by atoms with Crippen LogP contribution in [-0.2, 0) is 22.6 Å². The molecule has 1 saturated heterocycles. The minimum absolute atomic E-state index is 0.234. The zero-order valence-corrected chi connectivity index (χ0v) is 14.2. The molecule has 2 atom stereocenters. The second kappa shape index (κ2) is 5.92. The lowest BCUT2D eigenvalue weighted by atomic mass is 9.83. The Hall–Kier alpha value is -2.82. The summed E-state index contributed by atoms with van der Waals surface area (Å²) in [7, 11) is 1.77. The van der Waals surface area contributed by atoms with Gasteiger partial charge in [0.2, 0.25) is 11.8 Å². The predicted molar refractivity (Wildman–Crippen MR) is 97.0 cm³/mol. The highest BCUT2D eigenvalue weighted by molar-refractivity contribution is 6.11. The summed E-state index contributed by atoms with van der Waals surface area (Å²) < 4.78 is 2.23.